The average molecular weight is 220 g/mol. The van der Waals surface area contributed by atoms with E-state index < -0.39 is 6.10 Å². The van der Waals surface area contributed by atoms with Crippen molar-refractivity contribution in [2.75, 3.05) is 12.4 Å². The van der Waals surface area contributed by atoms with Gasteiger partial charge in [-0.1, -0.05) is 13.0 Å². The van der Waals surface area contributed by atoms with Crippen molar-refractivity contribution in [3.63, 3.8) is 0 Å². The number of urea groups is 1. The Kier molecular flexibility index (Phi) is 2.83. The van der Waals surface area contributed by atoms with Gasteiger partial charge in [0.05, 0.1) is 6.10 Å². The summed E-state index contributed by atoms with van der Waals surface area (Å²) in [5, 5.41) is 12.5. The number of nitrogens with zero attached hydrogens (tertiary/aromatic N) is 1. The highest BCUT2D eigenvalue weighted by Crippen LogP contribution is 2.26. The van der Waals surface area contributed by atoms with Crippen LogP contribution in [0.3, 0.4) is 0 Å². The molecule has 2 N–H and O–H groups in total. The first-order chi connectivity index (χ1) is 7.61. The highest BCUT2D eigenvalue weighted by atomic mass is 16.3. The van der Waals surface area contributed by atoms with Crippen LogP contribution in [0.1, 0.15) is 30.6 Å². The zero-order valence-corrected chi connectivity index (χ0v) is 9.53. The van der Waals surface area contributed by atoms with Crippen LogP contribution in [0.5, 0.6) is 0 Å². The number of aliphatic hydroxyl groups excluding tert-OH is 1. The van der Waals surface area contributed by atoms with Gasteiger partial charge >= 0.3 is 6.03 Å². The molecule has 0 spiro atoms. The third kappa shape index (κ3) is 1.88. The van der Waals surface area contributed by atoms with Gasteiger partial charge in [0, 0.05) is 19.3 Å². The Bertz CT molecular complexity index is 417. The van der Waals surface area contributed by atoms with Crippen molar-refractivity contribution in [1.82, 2.24) is 4.90 Å². The molecule has 16 heavy (non-hydrogen) atoms. The van der Waals surface area contributed by atoms with Crippen LogP contribution in [0.15, 0.2) is 18.2 Å². The van der Waals surface area contributed by atoms with Gasteiger partial charge in [0.1, 0.15) is 0 Å². The summed E-state index contributed by atoms with van der Waals surface area (Å²) in [6.45, 7) is 2.53. The lowest BCUT2D eigenvalue weighted by atomic mass is 10.0. The molecule has 1 atom stereocenters. The Morgan fingerprint density at radius 2 is 2.31 bits per heavy atom. The molecule has 86 valence electrons. The zero-order chi connectivity index (χ0) is 11.7. The van der Waals surface area contributed by atoms with Gasteiger partial charge in [-0.3, -0.25) is 0 Å². The van der Waals surface area contributed by atoms with E-state index >= 15 is 0 Å². The van der Waals surface area contributed by atoms with Crippen LogP contribution in [0.2, 0.25) is 0 Å². The van der Waals surface area contributed by atoms with Crippen molar-refractivity contribution >= 4 is 11.7 Å². The van der Waals surface area contributed by atoms with E-state index in [-0.39, 0.29) is 6.03 Å². The fourth-order valence-corrected chi connectivity index (χ4v) is 1.85. The molecule has 0 bridgehead atoms. The summed E-state index contributed by atoms with van der Waals surface area (Å²) in [6, 6.07) is 5.59. The summed E-state index contributed by atoms with van der Waals surface area (Å²) in [6.07, 6.45) is 0.272. The van der Waals surface area contributed by atoms with Crippen LogP contribution in [0.25, 0.3) is 0 Å². The van der Waals surface area contributed by atoms with Crippen LogP contribution in [0, 0.1) is 0 Å². The summed E-state index contributed by atoms with van der Waals surface area (Å²) in [4.78, 5) is 13.0. The molecule has 1 aliphatic rings. The second kappa shape index (κ2) is 4.14. The van der Waals surface area contributed by atoms with E-state index in [1.807, 2.05) is 25.1 Å². The van der Waals surface area contributed by atoms with Crippen LogP contribution in [-0.2, 0) is 6.54 Å². The van der Waals surface area contributed by atoms with Crippen molar-refractivity contribution in [2.45, 2.75) is 26.0 Å². The molecule has 2 amide bonds. The average Bonchev–Trinajstić information content (AvgIpc) is 2.29. The molecule has 1 aromatic rings. The van der Waals surface area contributed by atoms with Crippen LogP contribution < -0.4 is 5.32 Å². The van der Waals surface area contributed by atoms with E-state index in [1.165, 1.54) is 0 Å². The normalized spacial score (nSPS) is 16.7. The molecule has 0 unspecified atom stereocenters. The summed E-state index contributed by atoms with van der Waals surface area (Å²) < 4.78 is 0. The SMILES string of the molecule is CC[C@H](O)c1ccc2c(c1)CN(C)C(=O)N2. The van der Waals surface area contributed by atoms with E-state index in [4.69, 9.17) is 0 Å². The number of aliphatic hydroxyl groups is 1. The van der Waals surface area contributed by atoms with Crippen molar-refractivity contribution in [1.29, 1.82) is 0 Å². The third-order valence-electron chi connectivity index (χ3n) is 2.90. The molecule has 1 heterocycles. The minimum absolute atomic E-state index is 0.0868. The summed E-state index contributed by atoms with van der Waals surface area (Å²) >= 11 is 0. The number of carbonyl (C=O) groups is 1. The molecule has 0 fully saturated rings. The van der Waals surface area contributed by atoms with E-state index in [0.717, 1.165) is 16.8 Å². The lowest BCUT2D eigenvalue weighted by molar-refractivity contribution is 0.173. The molecular weight excluding hydrogens is 204 g/mol. The van der Waals surface area contributed by atoms with Gasteiger partial charge < -0.3 is 15.3 Å². The predicted molar refractivity (Wildman–Crippen MR) is 62.2 cm³/mol. The van der Waals surface area contributed by atoms with Crippen LogP contribution >= 0.6 is 0 Å². The number of fused-ring (bicyclic) bond motifs is 1. The monoisotopic (exact) mass is 220 g/mol. The molecule has 4 heteroatoms. The maximum absolute atomic E-state index is 11.4. The first kappa shape index (κ1) is 11.0. The van der Waals surface area contributed by atoms with Gasteiger partial charge in [0.25, 0.3) is 0 Å². The smallest absolute Gasteiger partial charge is 0.321 e. The number of amides is 2. The first-order valence-electron chi connectivity index (χ1n) is 5.44. The molecule has 2 rings (SSSR count). The molecule has 0 radical (unpaired) electrons. The Balaban J connectivity index is 2.32. The Morgan fingerprint density at radius 1 is 1.56 bits per heavy atom. The van der Waals surface area contributed by atoms with Crippen molar-refractivity contribution in [2.24, 2.45) is 0 Å². The van der Waals surface area contributed by atoms with Gasteiger partial charge in [0.15, 0.2) is 0 Å². The molecule has 4 nitrogen and oxygen atoms in total. The molecule has 0 aromatic heterocycles. The molecule has 0 saturated carbocycles. The van der Waals surface area contributed by atoms with Crippen molar-refractivity contribution in [3.05, 3.63) is 29.3 Å². The lowest BCUT2D eigenvalue weighted by Crippen LogP contribution is -2.35. The first-order valence-corrected chi connectivity index (χ1v) is 5.44. The lowest BCUT2D eigenvalue weighted by Gasteiger charge is -2.26. The second-order valence-corrected chi connectivity index (χ2v) is 4.13. The maximum atomic E-state index is 11.4. The minimum Gasteiger partial charge on any atom is -0.388 e. The van der Waals surface area contributed by atoms with E-state index in [1.54, 1.807) is 11.9 Å². The zero-order valence-electron chi connectivity index (χ0n) is 9.53. The predicted octanol–water partition coefficient (Wildman–Crippen LogP) is 2.11. The Hall–Kier alpha value is -1.55. The molecule has 1 aliphatic heterocycles. The minimum atomic E-state index is -0.423. The molecule has 0 aliphatic carbocycles. The third-order valence-corrected chi connectivity index (χ3v) is 2.90. The highest BCUT2D eigenvalue weighted by molar-refractivity contribution is 5.92. The maximum Gasteiger partial charge on any atom is 0.321 e. The van der Waals surface area contributed by atoms with Gasteiger partial charge in [-0.15, -0.1) is 0 Å². The number of hydrogen-bond donors (Lipinski definition) is 2. The van der Waals surface area contributed by atoms with Crippen LogP contribution in [-0.4, -0.2) is 23.1 Å². The number of carbonyl (C=O) groups excluding carboxylic acids is 1. The molecule has 1 aromatic carbocycles. The fourth-order valence-electron chi connectivity index (χ4n) is 1.85. The number of rotatable bonds is 2. The van der Waals surface area contributed by atoms with Crippen LogP contribution in [0.4, 0.5) is 10.5 Å². The topological polar surface area (TPSA) is 52.6 Å². The number of benzene rings is 1. The quantitative estimate of drug-likeness (QED) is 0.802. The summed E-state index contributed by atoms with van der Waals surface area (Å²) in [5.74, 6) is 0. The van der Waals surface area contributed by atoms with Crippen molar-refractivity contribution in [3.8, 4) is 0 Å². The Labute approximate surface area is 94.9 Å². The van der Waals surface area contributed by atoms with Gasteiger partial charge in [-0.05, 0) is 29.7 Å². The fraction of sp³-hybridized carbons (Fsp3) is 0.417. The van der Waals surface area contributed by atoms with Gasteiger partial charge in [-0.25, -0.2) is 4.79 Å². The van der Waals surface area contributed by atoms with E-state index in [0.29, 0.717) is 13.0 Å². The largest absolute Gasteiger partial charge is 0.388 e. The van der Waals surface area contributed by atoms with Crippen molar-refractivity contribution < 1.29 is 9.90 Å². The molecular formula is C12H16N2O2. The number of nitrogens with one attached hydrogen (secondary N) is 1. The highest BCUT2D eigenvalue weighted by Gasteiger charge is 2.19. The second-order valence-electron chi connectivity index (χ2n) is 4.13. The van der Waals surface area contributed by atoms with E-state index in [9.17, 15) is 9.90 Å². The van der Waals surface area contributed by atoms with E-state index in [2.05, 4.69) is 5.32 Å². The summed E-state index contributed by atoms with van der Waals surface area (Å²) in [7, 11) is 1.75. The van der Waals surface area contributed by atoms with Gasteiger partial charge in [0.2, 0.25) is 0 Å². The molecule has 0 saturated heterocycles. The van der Waals surface area contributed by atoms with Gasteiger partial charge in [-0.2, -0.15) is 0 Å². The number of hydrogen-bond acceptors (Lipinski definition) is 2. The summed E-state index contributed by atoms with van der Waals surface area (Å²) in [5.41, 5.74) is 2.80. The standard InChI is InChI=1S/C12H16N2O2/c1-3-11(15)8-4-5-10-9(6-8)7-14(2)12(16)13-10/h4-6,11,15H,3,7H2,1-2H3,(H,13,16)/t11-/m0/s1. The number of anilines is 1. The Morgan fingerprint density at radius 3 is 3.00 bits per heavy atom.